The van der Waals surface area contributed by atoms with Crippen molar-refractivity contribution < 1.29 is 0 Å². The number of benzene rings is 2. The second-order valence-electron chi connectivity index (χ2n) is 6.29. The molecule has 2 heteroatoms. The van der Waals surface area contributed by atoms with E-state index in [4.69, 9.17) is 0 Å². The van der Waals surface area contributed by atoms with Crippen LogP contribution in [0.4, 0.5) is 5.69 Å². The van der Waals surface area contributed by atoms with Crippen LogP contribution in [0.25, 0.3) is 0 Å². The van der Waals surface area contributed by atoms with E-state index in [1.807, 2.05) is 0 Å². The van der Waals surface area contributed by atoms with Gasteiger partial charge in [-0.25, -0.2) is 0 Å². The zero-order valence-electron chi connectivity index (χ0n) is 13.4. The topological polar surface area (TPSA) is 6.48 Å². The summed E-state index contributed by atoms with van der Waals surface area (Å²) in [5, 5.41) is 0. The van der Waals surface area contributed by atoms with E-state index in [1.54, 1.807) is 0 Å². The van der Waals surface area contributed by atoms with Crippen molar-refractivity contribution >= 4 is 5.69 Å². The van der Waals surface area contributed by atoms with Crippen molar-refractivity contribution in [3.8, 4) is 0 Å². The fourth-order valence-electron chi connectivity index (χ4n) is 3.64. The summed E-state index contributed by atoms with van der Waals surface area (Å²) in [7, 11) is 2.22. The van der Waals surface area contributed by atoms with Crippen LogP contribution in [-0.2, 0) is 0 Å². The summed E-state index contributed by atoms with van der Waals surface area (Å²) in [6, 6.07) is 15.9. The van der Waals surface area contributed by atoms with Crippen LogP contribution in [0.15, 0.2) is 42.5 Å². The van der Waals surface area contributed by atoms with Crippen molar-refractivity contribution in [2.75, 3.05) is 25.2 Å². The number of aryl methyl sites for hydroxylation is 3. The van der Waals surface area contributed by atoms with Crippen molar-refractivity contribution in [2.24, 2.45) is 0 Å². The van der Waals surface area contributed by atoms with Gasteiger partial charge in [-0.15, -0.1) is 0 Å². The van der Waals surface area contributed by atoms with E-state index in [0.29, 0.717) is 6.04 Å². The molecule has 0 spiro atoms. The van der Waals surface area contributed by atoms with E-state index in [9.17, 15) is 0 Å². The van der Waals surface area contributed by atoms with Crippen molar-refractivity contribution in [3.63, 3.8) is 0 Å². The lowest BCUT2D eigenvalue weighted by atomic mass is 10.0. The minimum absolute atomic E-state index is 0.478. The maximum Gasteiger partial charge on any atom is 0.0711 e. The molecule has 0 bridgehead atoms. The second-order valence-corrected chi connectivity index (χ2v) is 6.29. The maximum atomic E-state index is 2.52. The number of anilines is 1. The second kappa shape index (κ2) is 5.53. The first-order valence-corrected chi connectivity index (χ1v) is 7.64. The molecule has 1 fully saturated rings. The maximum absolute atomic E-state index is 2.52. The molecule has 0 saturated carbocycles. The van der Waals surface area contributed by atoms with E-state index in [0.717, 1.165) is 13.2 Å². The Balaban J connectivity index is 1.90. The van der Waals surface area contributed by atoms with Crippen LogP contribution in [0.1, 0.15) is 28.3 Å². The first-order chi connectivity index (χ1) is 10.1. The van der Waals surface area contributed by atoms with E-state index >= 15 is 0 Å². The molecule has 1 aliphatic heterocycles. The standard InChI is InChI=1S/C19H24N2/c1-14-10-15(2)19(16(3)11-14)21-12-18(20(4)13-21)17-8-6-5-7-9-17/h5-11,18H,12-13H2,1-4H3/t18-/m1/s1. The molecular formula is C19H24N2. The number of hydrogen-bond donors (Lipinski definition) is 0. The molecule has 0 radical (unpaired) electrons. The first-order valence-electron chi connectivity index (χ1n) is 7.64. The molecule has 1 aliphatic rings. The van der Waals surface area contributed by atoms with Crippen LogP contribution >= 0.6 is 0 Å². The highest BCUT2D eigenvalue weighted by Gasteiger charge is 2.30. The van der Waals surface area contributed by atoms with Crippen molar-refractivity contribution in [1.29, 1.82) is 0 Å². The Morgan fingerprint density at radius 1 is 0.952 bits per heavy atom. The average Bonchev–Trinajstić information content (AvgIpc) is 2.80. The average molecular weight is 280 g/mol. The minimum atomic E-state index is 0.478. The molecule has 0 amide bonds. The Morgan fingerprint density at radius 3 is 2.19 bits per heavy atom. The normalized spacial score (nSPS) is 19.2. The van der Waals surface area contributed by atoms with Gasteiger partial charge >= 0.3 is 0 Å². The van der Waals surface area contributed by atoms with Gasteiger partial charge in [-0.3, -0.25) is 4.90 Å². The van der Waals surface area contributed by atoms with Gasteiger partial charge in [0.2, 0.25) is 0 Å². The highest BCUT2D eigenvalue weighted by Crippen LogP contribution is 2.34. The zero-order chi connectivity index (χ0) is 15.0. The van der Waals surface area contributed by atoms with Gasteiger partial charge in [0.05, 0.1) is 12.7 Å². The van der Waals surface area contributed by atoms with Crippen molar-refractivity contribution in [2.45, 2.75) is 26.8 Å². The summed E-state index contributed by atoms with van der Waals surface area (Å²) in [5.41, 5.74) is 6.93. The van der Waals surface area contributed by atoms with E-state index in [-0.39, 0.29) is 0 Å². The van der Waals surface area contributed by atoms with E-state index in [1.165, 1.54) is 27.9 Å². The molecule has 0 aromatic heterocycles. The number of hydrogen-bond acceptors (Lipinski definition) is 2. The molecule has 21 heavy (non-hydrogen) atoms. The Hall–Kier alpha value is -1.80. The van der Waals surface area contributed by atoms with Gasteiger partial charge in [-0.2, -0.15) is 0 Å². The molecule has 2 aromatic carbocycles. The minimum Gasteiger partial charge on any atom is -0.356 e. The predicted octanol–water partition coefficient (Wildman–Crippen LogP) is 4.06. The number of nitrogens with zero attached hydrogens (tertiary/aromatic N) is 2. The lowest BCUT2D eigenvalue weighted by Gasteiger charge is -2.23. The Morgan fingerprint density at radius 2 is 1.57 bits per heavy atom. The van der Waals surface area contributed by atoms with Gasteiger partial charge in [0.1, 0.15) is 0 Å². The lowest BCUT2D eigenvalue weighted by Crippen LogP contribution is -2.24. The van der Waals surface area contributed by atoms with Crippen molar-refractivity contribution in [1.82, 2.24) is 4.90 Å². The molecule has 0 N–H and O–H groups in total. The fourth-order valence-corrected chi connectivity index (χ4v) is 3.64. The van der Waals surface area contributed by atoms with Crippen LogP contribution in [-0.4, -0.2) is 25.2 Å². The summed E-state index contributed by atoms with van der Waals surface area (Å²) in [6.07, 6.45) is 0. The summed E-state index contributed by atoms with van der Waals surface area (Å²) in [6.45, 7) is 8.68. The Bertz CT molecular complexity index is 610. The molecule has 1 saturated heterocycles. The predicted molar refractivity (Wildman–Crippen MR) is 89.8 cm³/mol. The molecular weight excluding hydrogens is 256 g/mol. The molecule has 3 rings (SSSR count). The highest BCUT2D eigenvalue weighted by atomic mass is 15.4. The van der Waals surface area contributed by atoms with Crippen LogP contribution in [0.3, 0.4) is 0 Å². The quantitative estimate of drug-likeness (QED) is 0.818. The molecule has 110 valence electrons. The van der Waals surface area contributed by atoms with Crippen LogP contribution in [0.2, 0.25) is 0 Å². The Kier molecular flexibility index (Phi) is 3.73. The first kappa shape index (κ1) is 14.2. The van der Waals surface area contributed by atoms with Crippen LogP contribution in [0, 0.1) is 20.8 Å². The molecule has 0 aliphatic carbocycles. The summed E-state index contributed by atoms with van der Waals surface area (Å²) in [4.78, 5) is 4.95. The summed E-state index contributed by atoms with van der Waals surface area (Å²) < 4.78 is 0. The smallest absolute Gasteiger partial charge is 0.0711 e. The van der Waals surface area contributed by atoms with Crippen molar-refractivity contribution in [3.05, 3.63) is 64.7 Å². The van der Waals surface area contributed by atoms with Gasteiger partial charge in [0.25, 0.3) is 0 Å². The highest BCUT2D eigenvalue weighted by molar-refractivity contribution is 5.61. The third kappa shape index (κ3) is 2.68. The van der Waals surface area contributed by atoms with E-state index in [2.05, 4.69) is 80.1 Å². The molecule has 0 unspecified atom stereocenters. The third-order valence-electron chi connectivity index (χ3n) is 4.46. The largest absolute Gasteiger partial charge is 0.356 e. The monoisotopic (exact) mass is 280 g/mol. The van der Waals surface area contributed by atoms with Gasteiger partial charge in [0.15, 0.2) is 0 Å². The van der Waals surface area contributed by atoms with Gasteiger partial charge < -0.3 is 4.90 Å². The molecule has 1 atom stereocenters. The molecule has 1 heterocycles. The lowest BCUT2D eigenvalue weighted by molar-refractivity contribution is 0.325. The van der Waals surface area contributed by atoms with Gasteiger partial charge in [-0.1, -0.05) is 48.0 Å². The van der Waals surface area contributed by atoms with Crippen LogP contribution < -0.4 is 4.90 Å². The number of likely N-dealkylation sites (N-methyl/N-ethyl adjacent to an activating group) is 1. The molecule has 2 nitrogen and oxygen atoms in total. The third-order valence-corrected chi connectivity index (χ3v) is 4.46. The zero-order valence-corrected chi connectivity index (χ0v) is 13.4. The Labute approximate surface area is 128 Å². The van der Waals surface area contributed by atoms with Crippen LogP contribution in [0.5, 0.6) is 0 Å². The van der Waals surface area contributed by atoms with Gasteiger partial charge in [0, 0.05) is 12.2 Å². The fraction of sp³-hybridized carbons (Fsp3) is 0.368. The van der Waals surface area contributed by atoms with Gasteiger partial charge in [-0.05, 0) is 44.5 Å². The SMILES string of the molecule is Cc1cc(C)c(N2C[C@H](c3ccccc3)N(C)C2)c(C)c1. The number of rotatable bonds is 2. The summed E-state index contributed by atoms with van der Waals surface area (Å²) >= 11 is 0. The molecule has 2 aromatic rings. The van der Waals surface area contributed by atoms with E-state index < -0.39 is 0 Å². The summed E-state index contributed by atoms with van der Waals surface area (Å²) in [5.74, 6) is 0.